The summed E-state index contributed by atoms with van der Waals surface area (Å²) in [5.74, 6) is -0.561. The molecular formula is C29H34F3N3O5. The molecule has 2 fully saturated rings. The van der Waals surface area contributed by atoms with E-state index in [1.165, 1.54) is 17.7 Å². The number of benzene rings is 1. The van der Waals surface area contributed by atoms with E-state index in [2.05, 4.69) is 27.5 Å². The van der Waals surface area contributed by atoms with Gasteiger partial charge in [0.1, 0.15) is 17.6 Å². The second kappa shape index (κ2) is 11.6. The number of pyridine rings is 1. The molecule has 1 aromatic heterocycles. The molecule has 11 heteroatoms. The van der Waals surface area contributed by atoms with Crippen molar-refractivity contribution in [3.63, 3.8) is 0 Å². The number of halogens is 3. The summed E-state index contributed by atoms with van der Waals surface area (Å²) < 4.78 is 47.7. The number of hydrogen-bond donors (Lipinski definition) is 3. The first-order valence-electron chi connectivity index (χ1n) is 13.9. The molecule has 1 aromatic carbocycles. The van der Waals surface area contributed by atoms with Crippen molar-refractivity contribution in [1.29, 1.82) is 0 Å². The summed E-state index contributed by atoms with van der Waals surface area (Å²) >= 11 is 0. The molecule has 0 radical (unpaired) electrons. The van der Waals surface area contributed by atoms with E-state index in [4.69, 9.17) is 9.72 Å². The van der Waals surface area contributed by atoms with Gasteiger partial charge < -0.3 is 25.2 Å². The summed E-state index contributed by atoms with van der Waals surface area (Å²) in [7, 11) is 0. The number of carboxylic acid groups (broad SMARTS) is 1. The lowest BCUT2D eigenvalue weighted by molar-refractivity contribution is -0.274. The first-order valence-corrected chi connectivity index (χ1v) is 13.9. The minimum absolute atomic E-state index is 0.0689. The topological polar surface area (TPSA) is 110 Å². The maximum absolute atomic E-state index is 13.0. The predicted octanol–water partition coefficient (Wildman–Crippen LogP) is 4.76. The molecule has 3 aliphatic rings. The monoisotopic (exact) mass is 561 g/mol. The van der Waals surface area contributed by atoms with Gasteiger partial charge in [0.25, 0.3) is 0 Å². The zero-order chi connectivity index (χ0) is 28.3. The van der Waals surface area contributed by atoms with Crippen molar-refractivity contribution in [2.24, 2.45) is 5.92 Å². The predicted molar refractivity (Wildman–Crippen MR) is 140 cm³/mol. The number of amides is 1. The first-order chi connectivity index (χ1) is 19.1. The van der Waals surface area contributed by atoms with Crippen molar-refractivity contribution in [3.8, 4) is 5.75 Å². The molecule has 1 atom stereocenters. The molecule has 2 aromatic rings. The highest BCUT2D eigenvalue weighted by atomic mass is 19.4. The Morgan fingerprint density at radius 1 is 1.20 bits per heavy atom. The lowest BCUT2D eigenvalue weighted by atomic mass is 9.79. The van der Waals surface area contributed by atoms with Gasteiger partial charge in [0.05, 0.1) is 11.5 Å². The summed E-state index contributed by atoms with van der Waals surface area (Å²) in [6.07, 6.45) is 2.11. The van der Waals surface area contributed by atoms with E-state index in [1.54, 1.807) is 6.07 Å². The number of hydrogen-bond acceptors (Lipinski definition) is 6. The molecule has 5 rings (SSSR count). The molecular weight excluding hydrogens is 527 g/mol. The molecule has 1 aliphatic heterocycles. The van der Waals surface area contributed by atoms with Crippen LogP contribution in [0, 0.1) is 5.92 Å². The van der Waals surface area contributed by atoms with E-state index in [-0.39, 0.29) is 19.1 Å². The molecule has 40 heavy (non-hydrogen) atoms. The average Bonchev–Trinajstić information content (AvgIpc) is 3.70. The third-order valence-electron chi connectivity index (χ3n) is 8.12. The van der Waals surface area contributed by atoms with Gasteiger partial charge in [-0.25, -0.2) is 9.78 Å². The van der Waals surface area contributed by atoms with E-state index >= 15 is 0 Å². The Labute approximate surface area is 230 Å². The Morgan fingerprint density at radius 2 is 2.00 bits per heavy atom. The van der Waals surface area contributed by atoms with E-state index in [0.717, 1.165) is 62.6 Å². The highest BCUT2D eigenvalue weighted by Crippen LogP contribution is 2.49. The van der Waals surface area contributed by atoms with Gasteiger partial charge in [-0.15, -0.1) is 13.2 Å². The van der Waals surface area contributed by atoms with E-state index in [0.29, 0.717) is 24.3 Å². The SMILES string of the molecule is O=C(O)[C@H](CCOC1CC(CCc2ccc3c(n2)NCCC3)C1)NC(=O)C1(c2cccc(OC(F)(F)F)c2)CC1. The second-order valence-electron chi connectivity index (χ2n) is 11.0. The summed E-state index contributed by atoms with van der Waals surface area (Å²) in [6.45, 7) is 1.15. The number of ether oxygens (including phenoxy) is 2. The number of carbonyl (C=O) groups excluding carboxylic acids is 1. The molecule has 0 bridgehead atoms. The molecule has 8 nitrogen and oxygen atoms in total. The number of anilines is 1. The Hall–Kier alpha value is -3.34. The Morgan fingerprint density at radius 3 is 2.73 bits per heavy atom. The van der Waals surface area contributed by atoms with Crippen LogP contribution in [0.25, 0.3) is 0 Å². The van der Waals surface area contributed by atoms with E-state index < -0.39 is 35.4 Å². The van der Waals surface area contributed by atoms with Gasteiger partial charge in [0, 0.05) is 25.3 Å². The third kappa shape index (κ3) is 6.86. The average molecular weight is 562 g/mol. The Bertz CT molecular complexity index is 1230. The number of carbonyl (C=O) groups is 2. The number of nitrogens with one attached hydrogen (secondary N) is 2. The van der Waals surface area contributed by atoms with E-state index in [9.17, 15) is 27.9 Å². The van der Waals surface area contributed by atoms with Crippen LogP contribution in [-0.4, -0.2) is 53.6 Å². The largest absolute Gasteiger partial charge is 0.573 e. The molecule has 1 amide bonds. The quantitative estimate of drug-likeness (QED) is 0.343. The lowest BCUT2D eigenvalue weighted by Gasteiger charge is -2.35. The van der Waals surface area contributed by atoms with Gasteiger partial charge in [-0.2, -0.15) is 0 Å². The number of fused-ring (bicyclic) bond motifs is 1. The third-order valence-corrected chi connectivity index (χ3v) is 8.12. The fourth-order valence-corrected chi connectivity index (χ4v) is 5.58. The maximum atomic E-state index is 13.0. The first kappa shape index (κ1) is 28.2. The van der Waals surface area contributed by atoms with Crippen molar-refractivity contribution in [2.45, 2.75) is 81.7 Å². The minimum Gasteiger partial charge on any atom is -0.480 e. The lowest BCUT2D eigenvalue weighted by Crippen LogP contribution is -2.46. The Kier molecular flexibility index (Phi) is 8.21. The van der Waals surface area contributed by atoms with Gasteiger partial charge >= 0.3 is 12.3 Å². The standard InChI is InChI=1S/C29H34F3N3O5/c30-29(31,32)40-22-5-1-4-20(17-22)28(11-12-28)27(38)35-24(26(36)37)10-14-39-23-15-18(16-23)6-8-21-9-7-19-3-2-13-33-25(19)34-21/h1,4-5,7,9,17-18,23-24H,2-3,6,8,10-16H2,(H,33,34)(H,35,38)(H,36,37)/t18?,23?,24-/m0/s1. The molecule has 0 spiro atoms. The van der Waals surface area contributed by atoms with E-state index in [1.807, 2.05) is 0 Å². The summed E-state index contributed by atoms with van der Waals surface area (Å²) in [4.78, 5) is 29.6. The van der Waals surface area contributed by atoms with Crippen LogP contribution in [-0.2, 0) is 32.6 Å². The molecule has 2 heterocycles. The van der Waals surface area contributed by atoms with Crippen LogP contribution in [0.4, 0.5) is 19.0 Å². The summed E-state index contributed by atoms with van der Waals surface area (Å²) in [6, 6.07) is 8.41. The molecule has 0 unspecified atom stereocenters. The number of rotatable bonds is 12. The highest BCUT2D eigenvalue weighted by molar-refractivity contribution is 5.94. The normalized spacial score (nSPS) is 21.8. The van der Waals surface area contributed by atoms with Gasteiger partial charge in [0.15, 0.2) is 0 Å². The van der Waals surface area contributed by atoms with Crippen LogP contribution in [0.1, 0.15) is 61.8 Å². The zero-order valence-electron chi connectivity index (χ0n) is 22.1. The number of aromatic nitrogens is 1. The number of aryl methyl sites for hydroxylation is 2. The summed E-state index contributed by atoms with van der Waals surface area (Å²) in [5, 5.41) is 15.6. The number of carboxylic acids is 1. The van der Waals surface area contributed by atoms with Crippen molar-refractivity contribution < 1.29 is 37.3 Å². The zero-order valence-corrected chi connectivity index (χ0v) is 22.1. The van der Waals surface area contributed by atoms with Crippen LogP contribution < -0.4 is 15.4 Å². The van der Waals surface area contributed by atoms with Crippen LogP contribution in [0.2, 0.25) is 0 Å². The van der Waals surface area contributed by atoms with Gasteiger partial charge in [0.2, 0.25) is 5.91 Å². The van der Waals surface area contributed by atoms with Crippen molar-refractivity contribution in [3.05, 3.63) is 53.2 Å². The van der Waals surface area contributed by atoms with Gasteiger partial charge in [-0.1, -0.05) is 18.2 Å². The maximum Gasteiger partial charge on any atom is 0.573 e. The number of nitrogens with zero attached hydrogens (tertiary/aromatic N) is 1. The van der Waals surface area contributed by atoms with Crippen molar-refractivity contribution >= 4 is 17.7 Å². The van der Waals surface area contributed by atoms with Crippen LogP contribution in [0.3, 0.4) is 0 Å². The minimum atomic E-state index is -4.84. The molecule has 216 valence electrons. The molecule has 3 N–H and O–H groups in total. The molecule has 0 saturated heterocycles. The van der Waals surface area contributed by atoms with Crippen LogP contribution in [0.15, 0.2) is 36.4 Å². The van der Waals surface area contributed by atoms with Gasteiger partial charge in [-0.3, -0.25) is 4.79 Å². The fraction of sp³-hybridized carbons (Fsp3) is 0.552. The van der Waals surface area contributed by atoms with Crippen molar-refractivity contribution in [2.75, 3.05) is 18.5 Å². The second-order valence-corrected chi connectivity index (χ2v) is 11.0. The van der Waals surface area contributed by atoms with Gasteiger partial charge in [-0.05, 0) is 86.6 Å². The fourth-order valence-electron chi connectivity index (χ4n) is 5.58. The number of alkyl halides is 3. The smallest absolute Gasteiger partial charge is 0.480 e. The summed E-state index contributed by atoms with van der Waals surface area (Å²) in [5.41, 5.74) is 1.68. The van der Waals surface area contributed by atoms with Crippen LogP contribution in [0.5, 0.6) is 5.75 Å². The molecule has 2 saturated carbocycles. The number of aliphatic carboxylic acids is 1. The highest BCUT2D eigenvalue weighted by Gasteiger charge is 2.52. The van der Waals surface area contributed by atoms with Crippen molar-refractivity contribution in [1.82, 2.24) is 10.3 Å². The Balaban J connectivity index is 1.04. The van der Waals surface area contributed by atoms with Crippen LogP contribution >= 0.6 is 0 Å². The molecule has 2 aliphatic carbocycles.